The van der Waals surface area contributed by atoms with E-state index < -0.39 is 28.3 Å². The minimum absolute atomic E-state index is 0.0514. The molecule has 0 aliphatic rings. The Hall–Kier alpha value is -3.54. The van der Waals surface area contributed by atoms with Crippen molar-refractivity contribution in [2.24, 2.45) is 0 Å². The van der Waals surface area contributed by atoms with E-state index >= 15 is 0 Å². The minimum atomic E-state index is -1.02. The third kappa shape index (κ3) is 4.06. The first-order chi connectivity index (χ1) is 13.5. The zero-order chi connectivity index (χ0) is 20.1. The lowest BCUT2D eigenvalue weighted by atomic mass is 9.95. The largest absolute Gasteiger partial charge is 0.460 e. The molecular weight excluding hydrogens is 361 g/mol. The average Bonchev–Trinajstić information content (AvgIpc) is 2.72. The molecule has 0 amide bonds. The number of nitrogens with zero attached hydrogens (tertiary/aromatic N) is 1. The van der Waals surface area contributed by atoms with E-state index in [9.17, 15) is 19.3 Å². The van der Waals surface area contributed by atoms with E-state index in [1.54, 1.807) is 42.5 Å². The highest BCUT2D eigenvalue weighted by molar-refractivity contribution is 5.80. The predicted octanol–water partition coefficient (Wildman–Crippen LogP) is 5.25. The molecule has 0 saturated carbocycles. The van der Waals surface area contributed by atoms with Crippen molar-refractivity contribution in [3.63, 3.8) is 0 Å². The topological polar surface area (TPSA) is 69.4 Å². The molecule has 0 radical (unpaired) electrons. The van der Waals surface area contributed by atoms with Gasteiger partial charge in [-0.2, -0.15) is 4.39 Å². The van der Waals surface area contributed by atoms with Gasteiger partial charge >= 0.3 is 11.7 Å². The maximum Gasteiger partial charge on any atom is 0.313 e. The van der Waals surface area contributed by atoms with Crippen LogP contribution >= 0.6 is 0 Å². The zero-order valence-electron chi connectivity index (χ0n) is 15.2. The Balaban J connectivity index is 1.88. The van der Waals surface area contributed by atoms with Gasteiger partial charge in [-0.3, -0.25) is 14.9 Å². The second kappa shape index (κ2) is 8.43. The quantitative estimate of drug-likeness (QED) is 0.333. The second-order valence-electron chi connectivity index (χ2n) is 6.30. The van der Waals surface area contributed by atoms with E-state index in [1.807, 2.05) is 18.2 Å². The smallest absolute Gasteiger partial charge is 0.313 e. The van der Waals surface area contributed by atoms with E-state index in [1.165, 1.54) is 19.1 Å². The molecule has 1 unspecified atom stereocenters. The summed E-state index contributed by atoms with van der Waals surface area (Å²) in [5.74, 6) is -2.65. The number of carbonyl (C=O) groups excluding carboxylic acids is 1. The molecule has 0 aromatic heterocycles. The molecule has 3 rings (SSSR count). The van der Waals surface area contributed by atoms with E-state index in [-0.39, 0.29) is 17.7 Å². The van der Waals surface area contributed by atoms with Crippen LogP contribution in [-0.2, 0) is 16.1 Å². The normalized spacial score (nSPS) is 11.6. The summed E-state index contributed by atoms with van der Waals surface area (Å²) in [5, 5.41) is 11.5. The Kier molecular flexibility index (Phi) is 5.79. The van der Waals surface area contributed by atoms with Gasteiger partial charge in [-0.05, 0) is 24.1 Å². The van der Waals surface area contributed by atoms with Crippen molar-refractivity contribution >= 4 is 11.7 Å². The first-order valence-electron chi connectivity index (χ1n) is 8.71. The first-order valence-corrected chi connectivity index (χ1v) is 8.71. The van der Waals surface area contributed by atoms with Crippen LogP contribution in [0.25, 0.3) is 11.1 Å². The number of nitro groups is 1. The summed E-state index contributed by atoms with van der Waals surface area (Å²) >= 11 is 0. The minimum Gasteiger partial charge on any atom is -0.460 e. The van der Waals surface area contributed by atoms with Crippen LogP contribution in [0.3, 0.4) is 0 Å². The average molecular weight is 379 g/mol. The lowest BCUT2D eigenvalue weighted by Crippen LogP contribution is -2.15. The number of rotatable bonds is 6. The Bertz CT molecular complexity index is 990. The third-order valence-electron chi connectivity index (χ3n) is 4.46. The van der Waals surface area contributed by atoms with Crippen molar-refractivity contribution in [3.8, 4) is 11.1 Å². The van der Waals surface area contributed by atoms with E-state index in [0.29, 0.717) is 5.56 Å². The maximum atomic E-state index is 15.0. The summed E-state index contributed by atoms with van der Waals surface area (Å²) < 4.78 is 20.2. The van der Waals surface area contributed by atoms with Crippen molar-refractivity contribution in [2.75, 3.05) is 0 Å². The predicted molar refractivity (Wildman–Crippen MR) is 103 cm³/mol. The van der Waals surface area contributed by atoms with Crippen LogP contribution in [0.5, 0.6) is 0 Å². The molecule has 1 atom stereocenters. The highest BCUT2D eigenvalue weighted by Gasteiger charge is 2.29. The number of carbonyl (C=O) groups is 1. The van der Waals surface area contributed by atoms with Gasteiger partial charge in [0.25, 0.3) is 0 Å². The highest BCUT2D eigenvalue weighted by Crippen LogP contribution is 2.36. The summed E-state index contributed by atoms with van der Waals surface area (Å²) in [6, 6.07) is 20.5. The van der Waals surface area contributed by atoms with E-state index in [4.69, 9.17) is 4.74 Å². The lowest BCUT2D eigenvalue weighted by molar-refractivity contribution is -0.386. The molecular formula is C22H18FNO4. The first kappa shape index (κ1) is 19.2. The van der Waals surface area contributed by atoms with Gasteiger partial charge in [0.1, 0.15) is 6.61 Å². The highest BCUT2D eigenvalue weighted by atomic mass is 19.1. The van der Waals surface area contributed by atoms with Crippen molar-refractivity contribution in [1.82, 2.24) is 0 Å². The Morgan fingerprint density at radius 3 is 2.25 bits per heavy atom. The number of esters is 1. The summed E-state index contributed by atoms with van der Waals surface area (Å²) in [7, 11) is 0. The number of hydrogen-bond acceptors (Lipinski definition) is 4. The molecule has 0 bridgehead atoms. The standard InChI is InChI=1S/C22H18FNO4/c1-15(22(25)28-14-16-8-4-2-5-9-16)18-12-13-19(17-10-6-3-7-11-17)21(20(18)23)24(26)27/h2-13,15H,14H2,1H3. The fourth-order valence-electron chi connectivity index (χ4n) is 2.92. The number of ether oxygens (including phenoxy) is 1. The Labute approximate surface area is 161 Å². The Morgan fingerprint density at radius 2 is 1.64 bits per heavy atom. The molecule has 0 saturated heterocycles. The molecule has 142 valence electrons. The number of nitro benzene ring substituents is 1. The lowest BCUT2D eigenvalue weighted by Gasteiger charge is -2.14. The zero-order valence-corrected chi connectivity index (χ0v) is 15.2. The van der Waals surface area contributed by atoms with Gasteiger partial charge in [0.15, 0.2) is 0 Å². The summed E-state index contributed by atoms with van der Waals surface area (Å²) in [6.45, 7) is 1.52. The van der Waals surface area contributed by atoms with Crippen LogP contribution in [0.2, 0.25) is 0 Å². The van der Waals surface area contributed by atoms with Gasteiger partial charge < -0.3 is 4.74 Å². The van der Waals surface area contributed by atoms with Crippen LogP contribution in [0, 0.1) is 15.9 Å². The van der Waals surface area contributed by atoms with Crippen LogP contribution < -0.4 is 0 Å². The summed E-state index contributed by atoms with van der Waals surface area (Å²) in [4.78, 5) is 23.1. The number of benzene rings is 3. The van der Waals surface area contributed by atoms with Crippen LogP contribution in [0.4, 0.5) is 10.1 Å². The van der Waals surface area contributed by atoms with Gasteiger partial charge in [0, 0.05) is 5.56 Å². The monoisotopic (exact) mass is 379 g/mol. The Morgan fingerprint density at radius 1 is 1.04 bits per heavy atom. The number of hydrogen-bond donors (Lipinski definition) is 0. The molecule has 5 nitrogen and oxygen atoms in total. The number of halogens is 1. The molecule has 6 heteroatoms. The van der Waals surface area contributed by atoms with Gasteiger partial charge in [-0.15, -0.1) is 0 Å². The summed E-state index contributed by atoms with van der Waals surface area (Å²) in [6.07, 6.45) is 0. The molecule has 0 N–H and O–H groups in total. The van der Waals surface area contributed by atoms with Crippen LogP contribution in [0.1, 0.15) is 24.0 Å². The van der Waals surface area contributed by atoms with Gasteiger partial charge in [0.2, 0.25) is 5.82 Å². The third-order valence-corrected chi connectivity index (χ3v) is 4.46. The van der Waals surface area contributed by atoms with Crippen molar-refractivity contribution in [1.29, 1.82) is 0 Å². The molecule has 3 aromatic carbocycles. The molecule has 0 fully saturated rings. The SMILES string of the molecule is CC(C(=O)OCc1ccccc1)c1ccc(-c2ccccc2)c([N+](=O)[O-])c1F. The molecule has 0 heterocycles. The van der Waals surface area contributed by atoms with E-state index in [0.717, 1.165) is 5.56 Å². The molecule has 0 aliphatic heterocycles. The van der Waals surface area contributed by atoms with Gasteiger partial charge in [-0.1, -0.05) is 66.7 Å². The molecule has 0 spiro atoms. The van der Waals surface area contributed by atoms with Crippen LogP contribution in [0.15, 0.2) is 72.8 Å². The van der Waals surface area contributed by atoms with Gasteiger partial charge in [-0.25, -0.2) is 0 Å². The van der Waals surface area contributed by atoms with Crippen molar-refractivity contribution in [2.45, 2.75) is 19.4 Å². The molecule has 3 aromatic rings. The molecule has 0 aliphatic carbocycles. The fourth-order valence-corrected chi connectivity index (χ4v) is 2.92. The van der Waals surface area contributed by atoms with Crippen molar-refractivity contribution in [3.05, 3.63) is 99.9 Å². The maximum absolute atomic E-state index is 15.0. The van der Waals surface area contributed by atoms with E-state index in [2.05, 4.69) is 0 Å². The molecule has 28 heavy (non-hydrogen) atoms. The van der Waals surface area contributed by atoms with Crippen LogP contribution in [-0.4, -0.2) is 10.9 Å². The fraction of sp³-hybridized carbons (Fsp3) is 0.136. The van der Waals surface area contributed by atoms with Crippen molar-refractivity contribution < 1.29 is 18.8 Å². The van der Waals surface area contributed by atoms with Gasteiger partial charge in [0.05, 0.1) is 16.4 Å². The summed E-state index contributed by atoms with van der Waals surface area (Å²) in [5.41, 5.74) is 0.778. The second-order valence-corrected chi connectivity index (χ2v) is 6.30.